The van der Waals surface area contributed by atoms with Gasteiger partial charge in [0.2, 0.25) is 5.91 Å². The third kappa shape index (κ3) is 2.49. The fraction of sp³-hybridized carbons (Fsp3) is 0.462. The molecule has 0 bridgehead atoms. The molecule has 2 rings (SSSR count). The highest BCUT2D eigenvalue weighted by Crippen LogP contribution is 2.49. The van der Waals surface area contributed by atoms with Crippen LogP contribution in [0.2, 0.25) is 5.02 Å². The molecular weight excluding hydrogens is 255 g/mol. The average Bonchev–Trinajstić information content (AvgIpc) is 3.10. The standard InChI is InChI=1S/C13H16ClFN2O/c14-9-2-3-10(11(15)8-9)13(4-5-13)12(18)17-7-1-6-16/h2-3,8H,1,4-7,16H2,(H,17,18). The van der Waals surface area contributed by atoms with Crippen LogP contribution in [-0.4, -0.2) is 19.0 Å². The number of carbonyl (C=O) groups is 1. The number of nitrogens with one attached hydrogen (secondary N) is 1. The summed E-state index contributed by atoms with van der Waals surface area (Å²) in [6.45, 7) is 1.06. The van der Waals surface area contributed by atoms with Gasteiger partial charge >= 0.3 is 0 Å². The van der Waals surface area contributed by atoms with Crippen LogP contribution in [0.1, 0.15) is 24.8 Å². The molecule has 1 aromatic carbocycles. The molecule has 1 fully saturated rings. The molecule has 98 valence electrons. The Morgan fingerprint density at radius 1 is 1.50 bits per heavy atom. The first-order chi connectivity index (χ1) is 8.60. The van der Waals surface area contributed by atoms with Gasteiger partial charge in [0.25, 0.3) is 0 Å². The molecule has 1 saturated carbocycles. The van der Waals surface area contributed by atoms with Gasteiger partial charge in [-0.15, -0.1) is 0 Å². The third-order valence-corrected chi connectivity index (χ3v) is 3.53. The van der Waals surface area contributed by atoms with Gasteiger partial charge in [-0.2, -0.15) is 0 Å². The van der Waals surface area contributed by atoms with Crippen LogP contribution in [0.4, 0.5) is 4.39 Å². The van der Waals surface area contributed by atoms with Crippen molar-refractivity contribution < 1.29 is 9.18 Å². The van der Waals surface area contributed by atoms with E-state index in [0.717, 1.165) is 6.42 Å². The predicted molar refractivity (Wildman–Crippen MR) is 69.0 cm³/mol. The number of benzene rings is 1. The second-order valence-electron chi connectivity index (χ2n) is 4.60. The monoisotopic (exact) mass is 270 g/mol. The van der Waals surface area contributed by atoms with Crippen molar-refractivity contribution in [3.05, 3.63) is 34.6 Å². The minimum atomic E-state index is -0.691. The maximum Gasteiger partial charge on any atom is 0.230 e. The number of rotatable bonds is 5. The Morgan fingerprint density at radius 3 is 2.78 bits per heavy atom. The molecule has 1 amide bonds. The van der Waals surface area contributed by atoms with Crippen LogP contribution in [-0.2, 0) is 10.2 Å². The highest BCUT2D eigenvalue weighted by Gasteiger charge is 2.52. The minimum absolute atomic E-state index is 0.114. The van der Waals surface area contributed by atoms with Crippen molar-refractivity contribution in [3.63, 3.8) is 0 Å². The van der Waals surface area contributed by atoms with Crippen molar-refractivity contribution in [1.29, 1.82) is 0 Å². The maximum absolute atomic E-state index is 13.9. The lowest BCUT2D eigenvalue weighted by Crippen LogP contribution is -2.36. The van der Waals surface area contributed by atoms with E-state index in [-0.39, 0.29) is 5.91 Å². The minimum Gasteiger partial charge on any atom is -0.355 e. The molecule has 1 aliphatic carbocycles. The SMILES string of the molecule is NCCCNC(=O)C1(c2ccc(Cl)cc2F)CC1. The molecule has 1 aliphatic rings. The zero-order chi connectivity index (χ0) is 13.2. The predicted octanol–water partition coefficient (Wildman–Crippen LogP) is 1.98. The summed E-state index contributed by atoms with van der Waals surface area (Å²) in [6, 6.07) is 4.48. The van der Waals surface area contributed by atoms with Crippen LogP contribution >= 0.6 is 11.6 Å². The molecule has 0 aliphatic heterocycles. The van der Waals surface area contributed by atoms with E-state index in [1.165, 1.54) is 6.07 Å². The Balaban J connectivity index is 2.13. The summed E-state index contributed by atoms with van der Waals surface area (Å²) < 4.78 is 13.9. The highest BCUT2D eigenvalue weighted by atomic mass is 35.5. The van der Waals surface area contributed by atoms with Gasteiger partial charge in [0.1, 0.15) is 5.82 Å². The third-order valence-electron chi connectivity index (χ3n) is 3.30. The van der Waals surface area contributed by atoms with Crippen LogP contribution in [0.5, 0.6) is 0 Å². The molecule has 0 atom stereocenters. The van der Waals surface area contributed by atoms with Gasteiger partial charge in [0.05, 0.1) is 5.41 Å². The van der Waals surface area contributed by atoms with Crippen LogP contribution in [0.25, 0.3) is 0 Å². The van der Waals surface area contributed by atoms with E-state index in [1.54, 1.807) is 12.1 Å². The van der Waals surface area contributed by atoms with E-state index in [2.05, 4.69) is 5.32 Å². The topological polar surface area (TPSA) is 55.1 Å². The summed E-state index contributed by atoms with van der Waals surface area (Å²) in [5.41, 5.74) is 5.12. The number of nitrogens with two attached hydrogens (primary N) is 1. The van der Waals surface area contributed by atoms with Gasteiger partial charge in [0, 0.05) is 17.1 Å². The van der Waals surface area contributed by atoms with Crippen molar-refractivity contribution >= 4 is 17.5 Å². The largest absolute Gasteiger partial charge is 0.355 e. The lowest BCUT2D eigenvalue weighted by Gasteiger charge is -2.16. The molecule has 0 spiro atoms. The zero-order valence-corrected chi connectivity index (χ0v) is 10.8. The quantitative estimate of drug-likeness (QED) is 0.804. The van der Waals surface area contributed by atoms with E-state index in [1.807, 2.05) is 0 Å². The van der Waals surface area contributed by atoms with E-state index in [9.17, 15) is 9.18 Å². The number of hydrogen-bond acceptors (Lipinski definition) is 2. The van der Waals surface area contributed by atoms with Crippen molar-refractivity contribution in [3.8, 4) is 0 Å². The number of hydrogen-bond donors (Lipinski definition) is 2. The van der Waals surface area contributed by atoms with Crippen LogP contribution in [0.15, 0.2) is 18.2 Å². The summed E-state index contributed by atoms with van der Waals surface area (Å²) in [5, 5.41) is 3.15. The Hall–Kier alpha value is -1.13. The van der Waals surface area contributed by atoms with Crippen molar-refractivity contribution in [2.75, 3.05) is 13.1 Å². The molecule has 3 N–H and O–H groups in total. The first-order valence-electron chi connectivity index (χ1n) is 6.04. The van der Waals surface area contributed by atoms with E-state index in [0.29, 0.717) is 36.5 Å². The Kier molecular flexibility index (Phi) is 3.88. The summed E-state index contributed by atoms with van der Waals surface area (Å²) in [5.74, 6) is -0.522. The molecule has 5 heteroatoms. The molecule has 0 aromatic heterocycles. The fourth-order valence-electron chi connectivity index (χ4n) is 2.09. The summed E-state index contributed by atoms with van der Waals surface area (Å²) >= 11 is 5.71. The Bertz CT molecular complexity index is 460. The van der Waals surface area contributed by atoms with E-state index < -0.39 is 11.2 Å². The molecular formula is C13H16ClFN2O. The Labute approximate surface area is 111 Å². The molecule has 0 heterocycles. The van der Waals surface area contributed by atoms with Gasteiger partial charge in [-0.25, -0.2) is 4.39 Å². The van der Waals surface area contributed by atoms with Crippen LogP contribution in [0.3, 0.4) is 0 Å². The van der Waals surface area contributed by atoms with Gasteiger partial charge < -0.3 is 11.1 Å². The summed E-state index contributed by atoms with van der Waals surface area (Å²) in [7, 11) is 0. The van der Waals surface area contributed by atoms with Gasteiger partial charge in [-0.1, -0.05) is 17.7 Å². The summed E-state index contributed by atoms with van der Waals surface area (Å²) in [4.78, 5) is 12.1. The second kappa shape index (κ2) is 5.24. The zero-order valence-electron chi connectivity index (χ0n) is 10.0. The number of carbonyl (C=O) groups excluding carboxylic acids is 1. The molecule has 3 nitrogen and oxygen atoms in total. The van der Waals surface area contributed by atoms with Gasteiger partial charge in [0.15, 0.2) is 0 Å². The summed E-state index contributed by atoms with van der Waals surface area (Å²) in [6.07, 6.45) is 2.09. The average molecular weight is 271 g/mol. The maximum atomic E-state index is 13.9. The molecule has 1 aromatic rings. The highest BCUT2D eigenvalue weighted by molar-refractivity contribution is 6.30. The lowest BCUT2D eigenvalue weighted by molar-refractivity contribution is -0.123. The molecule has 0 saturated heterocycles. The van der Waals surface area contributed by atoms with E-state index >= 15 is 0 Å². The van der Waals surface area contributed by atoms with Crippen molar-refractivity contribution in [2.45, 2.75) is 24.7 Å². The fourth-order valence-corrected chi connectivity index (χ4v) is 2.25. The number of halogens is 2. The van der Waals surface area contributed by atoms with Crippen LogP contribution in [0, 0.1) is 5.82 Å². The lowest BCUT2D eigenvalue weighted by atomic mass is 9.94. The first kappa shape index (κ1) is 13.3. The normalized spacial score (nSPS) is 16.4. The molecule has 0 unspecified atom stereocenters. The van der Waals surface area contributed by atoms with Crippen molar-refractivity contribution in [1.82, 2.24) is 5.32 Å². The molecule has 0 radical (unpaired) electrons. The van der Waals surface area contributed by atoms with Gasteiger partial charge in [-0.05, 0) is 37.9 Å². The second-order valence-corrected chi connectivity index (χ2v) is 5.04. The van der Waals surface area contributed by atoms with Gasteiger partial charge in [-0.3, -0.25) is 4.79 Å². The Morgan fingerprint density at radius 2 is 2.22 bits per heavy atom. The van der Waals surface area contributed by atoms with Crippen LogP contribution < -0.4 is 11.1 Å². The number of amides is 1. The van der Waals surface area contributed by atoms with E-state index in [4.69, 9.17) is 17.3 Å². The first-order valence-corrected chi connectivity index (χ1v) is 6.42. The van der Waals surface area contributed by atoms with Crippen molar-refractivity contribution in [2.24, 2.45) is 5.73 Å². The molecule has 18 heavy (non-hydrogen) atoms. The smallest absolute Gasteiger partial charge is 0.230 e.